The Bertz CT molecular complexity index is 526. The molecule has 0 aromatic heterocycles. The fourth-order valence-electron chi connectivity index (χ4n) is 3.12. The van der Waals surface area contributed by atoms with Crippen LogP contribution in [0.1, 0.15) is 27.2 Å². The molecule has 0 bridgehead atoms. The summed E-state index contributed by atoms with van der Waals surface area (Å²) in [5.41, 5.74) is 1.65. The van der Waals surface area contributed by atoms with E-state index in [1.165, 1.54) is 6.04 Å². The molecule has 1 atom stereocenters. The van der Waals surface area contributed by atoms with E-state index in [-0.39, 0.29) is 37.2 Å². The van der Waals surface area contributed by atoms with Crippen molar-refractivity contribution in [2.24, 2.45) is 5.92 Å². The van der Waals surface area contributed by atoms with Gasteiger partial charge in [-0.25, -0.2) is 0 Å². The summed E-state index contributed by atoms with van der Waals surface area (Å²) >= 11 is 2.31. The van der Waals surface area contributed by atoms with Crippen LogP contribution in [-0.4, -0.2) is 8.07 Å². The van der Waals surface area contributed by atoms with E-state index in [1.54, 1.807) is 19.8 Å². The van der Waals surface area contributed by atoms with Gasteiger partial charge >= 0.3 is 130 Å². The summed E-state index contributed by atoms with van der Waals surface area (Å²) in [5, 5.41) is 3.28. The second-order valence-electron chi connectivity index (χ2n) is 5.92. The number of rotatable bonds is 4. The summed E-state index contributed by atoms with van der Waals surface area (Å²) in [5.74, 6) is 0.649. The van der Waals surface area contributed by atoms with Crippen molar-refractivity contribution in [3.63, 3.8) is 0 Å². The average Bonchev–Trinajstić information content (AvgIpc) is 2.81. The molecule has 0 radical (unpaired) electrons. The number of halogens is 3. The van der Waals surface area contributed by atoms with Crippen molar-refractivity contribution in [1.82, 2.24) is 0 Å². The standard InChI is InChI=1S/C17H23Si.3ClH.Ti/c1-5-18(4,15-10-7-6-8-11-15)17-13-9-12-16(17)14(2)3;;;;/h6-8,10-11,13-14H,5,9H2,1-4H3;3*1H;/q;;;;+3/p-3. The van der Waals surface area contributed by atoms with Gasteiger partial charge in [0.25, 0.3) is 0 Å². The van der Waals surface area contributed by atoms with Crippen LogP contribution >= 0.6 is 0 Å². The minimum Gasteiger partial charge on any atom is -1.00 e. The van der Waals surface area contributed by atoms with Crippen LogP contribution in [0.25, 0.3) is 0 Å². The first-order chi connectivity index (χ1) is 9.00. The Hall–Kier alpha value is 0.501. The molecule has 22 heavy (non-hydrogen) atoms. The smallest absolute Gasteiger partial charge is 1.00 e. The van der Waals surface area contributed by atoms with Crippen molar-refractivity contribution in [2.45, 2.75) is 39.8 Å². The van der Waals surface area contributed by atoms with Crippen molar-refractivity contribution >= 4 is 13.3 Å². The van der Waals surface area contributed by atoms with Crippen LogP contribution in [-0.2, 0) is 20.4 Å². The quantitative estimate of drug-likeness (QED) is 0.439. The van der Waals surface area contributed by atoms with Crippen molar-refractivity contribution < 1.29 is 57.7 Å². The largest absolute Gasteiger partial charge is 1.00 e. The summed E-state index contributed by atoms with van der Waals surface area (Å²) in [6, 6.07) is 12.5. The Morgan fingerprint density at radius 1 is 1.09 bits per heavy atom. The Labute approximate surface area is 166 Å². The number of hydrogen-bond donors (Lipinski definition) is 0. The van der Waals surface area contributed by atoms with Crippen LogP contribution in [0.5, 0.6) is 0 Å². The van der Waals surface area contributed by atoms with Crippen LogP contribution in [0.2, 0.25) is 12.6 Å². The first kappa shape index (κ1) is 24.7. The molecule has 2 rings (SSSR count). The Morgan fingerprint density at radius 2 is 1.64 bits per heavy atom. The van der Waals surface area contributed by atoms with Gasteiger partial charge in [0.1, 0.15) is 0 Å². The zero-order valence-corrected chi connectivity index (χ0v) is 18.4. The van der Waals surface area contributed by atoms with E-state index in [0.29, 0.717) is 5.92 Å². The average molecular weight is 410 g/mol. The van der Waals surface area contributed by atoms with Gasteiger partial charge in [-0.2, -0.15) is 0 Å². The third-order valence-electron chi connectivity index (χ3n) is 4.42. The topological polar surface area (TPSA) is 0 Å². The van der Waals surface area contributed by atoms with Gasteiger partial charge in [0.2, 0.25) is 0 Å². The third-order valence-corrected chi connectivity index (χ3v) is 9.84. The summed E-state index contributed by atoms with van der Waals surface area (Å²) in [4.78, 5) is 0. The molecule has 0 saturated heterocycles. The molecule has 120 valence electrons. The maximum absolute atomic E-state index is 2.54. The normalized spacial score (nSPS) is 16.2. The summed E-state index contributed by atoms with van der Waals surface area (Å²) in [6.07, 6.45) is 3.69. The molecule has 0 aliphatic heterocycles. The number of benzene rings is 1. The van der Waals surface area contributed by atoms with Gasteiger partial charge in [-0.05, 0) is 0 Å². The Balaban J connectivity index is 0. The van der Waals surface area contributed by atoms with E-state index in [2.05, 4.69) is 84.2 Å². The van der Waals surface area contributed by atoms with Crippen molar-refractivity contribution in [1.29, 1.82) is 0 Å². The monoisotopic (exact) mass is 408 g/mol. The van der Waals surface area contributed by atoms with E-state index < -0.39 is 8.07 Å². The van der Waals surface area contributed by atoms with Gasteiger partial charge in [0.15, 0.2) is 0 Å². The van der Waals surface area contributed by atoms with Crippen LogP contribution in [0.3, 0.4) is 0 Å². The molecule has 5 heteroatoms. The van der Waals surface area contributed by atoms with Gasteiger partial charge in [-0.15, -0.1) is 0 Å². The van der Waals surface area contributed by atoms with Crippen LogP contribution in [0.4, 0.5) is 0 Å². The predicted octanol–water partition coefficient (Wildman–Crippen LogP) is -4.67. The molecule has 1 aliphatic carbocycles. The molecule has 0 heterocycles. The molecule has 1 unspecified atom stereocenters. The molecule has 0 amide bonds. The first-order valence-electron chi connectivity index (χ1n) is 7.22. The van der Waals surface area contributed by atoms with E-state index >= 15 is 0 Å². The van der Waals surface area contributed by atoms with Crippen LogP contribution in [0, 0.1) is 5.92 Å². The van der Waals surface area contributed by atoms with Gasteiger partial charge < -0.3 is 37.2 Å². The Morgan fingerprint density at radius 3 is 2.09 bits per heavy atom. The molecule has 1 aliphatic rings. The summed E-state index contributed by atoms with van der Waals surface area (Å²) in [6.45, 7) is 9.59. The maximum Gasteiger partial charge on any atom is -1.00 e. The third kappa shape index (κ3) is 4.75. The van der Waals surface area contributed by atoms with Gasteiger partial charge in [-0.1, -0.05) is 0 Å². The fraction of sp³-hybridized carbons (Fsp3) is 0.412. The van der Waals surface area contributed by atoms with Gasteiger partial charge in [0.05, 0.1) is 0 Å². The number of hydrogen-bond acceptors (Lipinski definition) is 0. The first-order valence-corrected chi connectivity index (χ1v) is 10.7. The minimum absolute atomic E-state index is 0. The SMILES string of the molecule is CC[Si](C)(C1=CC[C]([Ti+3])=C1C(C)C)c1ccccc1.[Cl-].[Cl-].[Cl-]. The zero-order chi connectivity index (χ0) is 14.0. The molecule has 0 saturated carbocycles. The van der Waals surface area contributed by atoms with Crippen LogP contribution in [0.15, 0.2) is 51.1 Å². The molecule has 0 nitrogen and oxygen atoms in total. The van der Waals surface area contributed by atoms with Crippen molar-refractivity contribution in [3.05, 3.63) is 51.1 Å². The second-order valence-corrected chi connectivity index (χ2v) is 11.4. The summed E-state index contributed by atoms with van der Waals surface area (Å²) < 4.78 is 1.59. The minimum atomic E-state index is -1.53. The molecule has 0 N–H and O–H groups in total. The van der Waals surface area contributed by atoms with Crippen molar-refractivity contribution in [3.8, 4) is 0 Å². The molecular weight excluding hydrogens is 386 g/mol. The van der Waals surface area contributed by atoms with E-state index in [4.69, 9.17) is 0 Å². The predicted molar refractivity (Wildman–Crippen MR) is 82.7 cm³/mol. The Kier molecular flexibility index (Phi) is 11.7. The molecule has 0 fully saturated rings. The molecular formula is C17H23Cl3SiTi. The molecule has 1 aromatic carbocycles. The van der Waals surface area contributed by atoms with Crippen LogP contribution < -0.4 is 42.4 Å². The summed E-state index contributed by atoms with van der Waals surface area (Å²) in [7, 11) is -1.53. The van der Waals surface area contributed by atoms with Gasteiger partial charge in [-0.3, -0.25) is 0 Å². The number of allylic oxidation sites excluding steroid dienone is 4. The van der Waals surface area contributed by atoms with Gasteiger partial charge in [0, 0.05) is 0 Å². The molecule has 1 aromatic rings. The van der Waals surface area contributed by atoms with E-state index in [9.17, 15) is 0 Å². The second kappa shape index (κ2) is 10.4. The zero-order valence-electron chi connectivity index (χ0n) is 13.6. The maximum atomic E-state index is 2.54. The molecule has 0 spiro atoms. The fourth-order valence-corrected chi connectivity index (χ4v) is 7.76. The van der Waals surface area contributed by atoms with E-state index in [0.717, 1.165) is 6.42 Å². The van der Waals surface area contributed by atoms with Crippen molar-refractivity contribution in [2.75, 3.05) is 0 Å². The van der Waals surface area contributed by atoms with E-state index in [1.807, 2.05) is 0 Å².